The molecule has 0 radical (unpaired) electrons. The summed E-state index contributed by atoms with van der Waals surface area (Å²) in [5.74, 6) is 0.581. The standard InChI is InChI=1S/C24H22FN5O/c25-18-8-10-19(11-9-18)27-24(31)29-15-12-20(13-16-29)30-22(17-5-2-1-3-6-17)28-21-7-4-14-26-23(21)30/h1-11,14,20H,12-13,15-16H2,(H,27,31). The highest BCUT2D eigenvalue weighted by Gasteiger charge is 2.27. The molecule has 6 nitrogen and oxygen atoms in total. The number of carbonyl (C=O) groups excluding carboxylic acids is 1. The molecule has 2 aromatic carbocycles. The highest BCUT2D eigenvalue weighted by Crippen LogP contribution is 2.32. The first kappa shape index (κ1) is 19.2. The fourth-order valence-electron chi connectivity index (χ4n) is 4.13. The van der Waals surface area contributed by atoms with Gasteiger partial charge in [-0.1, -0.05) is 30.3 Å². The first-order chi connectivity index (χ1) is 15.2. The number of urea groups is 1. The van der Waals surface area contributed by atoms with Crippen LogP contribution in [-0.4, -0.2) is 38.6 Å². The summed E-state index contributed by atoms with van der Waals surface area (Å²) in [6.07, 6.45) is 3.40. The Bertz CT molecular complexity index is 1200. The van der Waals surface area contributed by atoms with Gasteiger partial charge in [-0.2, -0.15) is 0 Å². The van der Waals surface area contributed by atoms with Crippen molar-refractivity contribution in [2.24, 2.45) is 0 Å². The van der Waals surface area contributed by atoms with E-state index in [-0.39, 0.29) is 17.9 Å². The lowest BCUT2D eigenvalue weighted by atomic mass is 10.0. The Hall–Kier alpha value is -3.74. The number of nitrogens with one attached hydrogen (secondary N) is 1. The lowest BCUT2D eigenvalue weighted by molar-refractivity contribution is 0.185. The maximum absolute atomic E-state index is 13.1. The van der Waals surface area contributed by atoms with Crippen LogP contribution in [0.15, 0.2) is 72.9 Å². The number of rotatable bonds is 3. The van der Waals surface area contributed by atoms with Crippen molar-refractivity contribution in [1.29, 1.82) is 0 Å². The number of likely N-dealkylation sites (tertiary alicyclic amines) is 1. The van der Waals surface area contributed by atoms with Crippen molar-refractivity contribution in [3.05, 3.63) is 78.7 Å². The molecule has 0 bridgehead atoms. The first-order valence-corrected chi connectivity index (χ1v) is 10.4. The molecule has 1 fully saturated rings. The van der Waals surface area contributed by atoms with Gasteiger partial charge in [-0.25, -0.2) is 19.2 Å². The molecule has 0 atom stereocenters. The van der Waals surface area contributed by atoms with E-state index in [2.05, 4.69) is 27.0 Å². The van der Waals surface area contributed by atoms with E-state index in [0.717, 1.165) is 35.4 Å². The molecule has 2 aromatic heterocycles. The Labute approximate surface area is 179 Å². The van der Waals surface area contributed by atoms with Crippen LogP contribution in [-0.2, 0) is 0 Å². The van der Waals surface area contributed by atoms with Crippen LogP contribution in [0.3, 0.4) is 0 Å². The average Bonchev–Trinajstić information content (AvgIpc) is 3.21. The predicted octanol–water partition coefficient (Wildman–Crippen LogP) is 5.11. The fraction of sp³-hybridized carbons (Fsp3) is 0.208. The Morgan fingerprint density at radius 2 is 1.71 bits per heavy atom. The quantitative estimate of drug-likeness (QED) is 0.506. The summed E-state index contributed by atoms with van der Waals surface area (Å²) in [6, 6.07) is 19.8. The van der Waals surface area contributed by atoms with Gasteiger partial charge in [-0.05, 0) is 49.2 Å². The van der Waals surface area contributed by atoms with E-state index in [1.165, 1.54) is 12.1 Å². The van der Waals surface area contributed by atoms with Crippen LogP contribution in [0.25, 0.3) is 22.6 Å². The molecule has 31 heavy (non-hydrogen) atoms. The van der Waals surface area contributed by atoms with E-state index < -0.39 is 0 Å². The van der Waals surface area contributed by atoms with Crippen molar-refractivity contribution in [3.63, 3.8) is 0 Å². The minimum atomic E-state index is -0.325. The SMILES string of the molecule is O=C(Nc1ccc(F)cc1)N1CCC(n2c(-c3ccccc3)nc3cccnc32)CC1. The number of piperidine rings is 1. The number of pyridine rings is 1. The summed E-state index contributed by atoms with van der Waals surface area (Å²) in [5, 5.41) is 2.84. The molecule has 0 unspecified atom stereocenters. The molecule has 1 N–H and O–H groups in total. The van der Waals surface area contributed by atoms with Crippen molar-refractivity contribution in [1.82, 2.24) is 19.4 Å². The summed E-state index contributed by atoms with van der Waals surface area (Å²) in [6.45, 7) is 1.25. The Kier molecular flexibility index (Phi) is 5.08. The van der Waals surface area contributed by atoms with Gasteiger partial charge in [0.15, 0.2) is 5.65 Å². The average molecular weight is 415 g/mol. The van der Waals surface area contributed by atoms with E-state index in [4.69, 9.17) is 4.98 Å². The molecule has 0 aliphatic carbocycles. The third-order valence-electron chi connectivity index (χ3n) is 5.69. The summed E-state index contributed by atoms with van der Waals surface area (Å²) < 4.78 is 15.3. The largest absolute Gasteiger partial charge is 0.324 e. The number of anilines is 1. The molecule has 3 heterocycles. The second-order valence-corrected chi connectivity index (χ2v) is 7.67. The number of nitrogens with zero attached hydrogens (tertiary/aromatic N) is 4. The second-order valence-electron chi connectivity index (χ2n) is 7.67. The Morgan fingerprint density at radius 1 is 0.968 bits per heavy atom. The molecule has 156 valence electrons. The highest BCUT2D eigenvalue weighted by molar-refractivity contribution is 5.89. The van der Waals surface area contributed by atoms with Crippen molar-refractivity contribution < 1.29 is 9.18 Å². The molecule has 1 aliphatic heterocycles. The first-order valence-electron chi connectivity index (χ1n) is 10.4. The van der Waals surface area contributed by atoms with Crippen molar-refractivity contribution in [2.75, 3.05) is 18.4 Å². The van der Waals surface area contributed by atoms with Gasteiger partial charge < -0.3 is 14.8 Å². The maximum Gasteiger partial charge on any atom is 0.321 e. The minimum absolute atomic E-state index is 0.165. The van der Waals surface area contributed by atoms with Gasteiger partial charge in [0.05, 0.1) is 0 Å². The summed E-state index contributed by atoms with van der Waals surface area (Å²) in [5.41, 5.74) is 3.38. The summed E-state index contributed by atoms with van der Waals surface area (Å²) in [7, 11) is 0. The van der Waals surface area contributed by atoms with E-state index >= 15 is 0 Å². The minimum Gasteiger partial charge on any atom is -0.324 e. The molecule has 7 heteroatoms. The third-order valence-corrected chi connectivity index (χ3v) is 5.69. The van der Waals surface area contributed by atoms with Crippen LogP contribution in [0.1, 0.15) is 18.9 Å². The van der Waals surface area contributed by atoms with Crippen LogP contribution in [0.5, 0.6) is 0 Å². The molecule has 5 rings (SSSR count). The van der Waals surface area contributed by atoms with Crippen LogP contribution < -0.4 is 5.32 Å². The molecule has 0 saturated carbocycles. The normalized spacial score (nSPS) is 14.7. The molecular formula is C24H22FN5O. The van der Waals surface area contributed by atoms with Crippen LogP contribution in [0.4, 0.5) is 14.9 Å². The van der Waals surface area contributed by atoms with E-state index in [1.807, 2.05) is 30.3 Å². The zero-order valence-electron chi connectivity index (χ0n) is 16.9. The number of fused-ring (bicyclic) bond motifs is 1. The van der Waals surface area contributed by atoms with Gasteiger partial charge in [0.1, 0.15) is 17.2 Å². The molecule has 1 saturated heterocycles. The highest BCUT2D eigenvalue weighted by atomic mass is 19.1. The number of carbonyl (C=O) groups is 1. The third kappa shape index (κ3) is 3.86. The zero-order valence-corrected chi connectivity index (χ0v) is 16.9. The van der Waals surface area contributed by atoms with Gasteiger partial charge in [0, 0.05) is 36.6 Å². The number of benzene rings is 2. The van der Waals surface area contributed by atoms with E-state index in [9.17, 15) is 9.18 Å². The maximum atomic E-state index is 13.1. The van der Waals surface area contributed by atoms with Gasteiger partial charge in [-0.15, -0.1) is 0 Å². The van der Waals surface area contributed by atoms with Gasteiger partial charge in [0.25, 0.3) is 0 Å². The second kappa shape index (κ2) is 8.18. The fourth-order valence-corrected chi connectivity index (χ4v) is 4.13. The van der Waals surface area contributed by atoms with E-state index in [1.54, 1.807) is 23.2 Å². The van der Waals surface area contributed by atoms with Crippen molar-refractivity contribution >= 4 is 22.9 Å². The zero-order chi connectivity index (χ0) is 21.2. The molecule has 4 aromatic rings. The lowest BCUT2D eigenvalue weighted by Gasteiger charge is -2.33. The smallest absolute Gasteiger partial charge is 0.321 e. The Balaban J connectivity index is 1.36. The number of hydrogen-bond donors (Lipinski definition) is 1. The van der Waals surface area contributed by atoms with Gasteiger partial charge in [-0.3, -0.25) is 0 Å². The number of imidazole rings is 1. The topological polar surface area (TPSA) is 63.1 Å². The van der Waals surface area contributed by atoms with Gasteiger partial charge >= 0.3 is 6.03 Å². The monoisotopic (exact) mass is 415 g/mol. The van der Waals surface area contributed by atoms with Crippen molar-refractivity contribution in [3.8, 4) is 11.4 Å². The van der Waals surface area contributed by atoms with Crippen LogP contribution in [0, 0.1) is 5.82 Å². The lowest BCUT2D eigenvalue weighted by Crippen LogP contribution is -2.41. The Morgan fingerprint density at radius 3 is 2.45 bits per heavy atom. The number of amides is 2. The van der Waals surface area contributed by atoms with Crippen LogP contribution in [0.2, 0.25) is 0 Å². The molecule has 1 aliphatic rings. The molecular weight excluding hydrogens is 393 g/mol. The summed E-state index contributed by atoms with van der Waals surface area (Å²) in [4.78, 5) is 23.9. The molecule has 0 spiro atoms. The summed E-state index contributed by atoms with van der Waals surface area (Å²) >= 11 is 0. The van der Waals surface area contributed by atoms with Crippen molar-refractivity contribution in [2.45, 2.75) is 18.9 Å². The number of aromatic nitrogens is 3. The number of halogens is 1. The van der Waals surface area contributed by atoms with Crippen LogP contribution >= 0.6 is 0 Å². The van der Waals surface area contributed by atoms with E-state index in [0.29, 0.717) is 18.8 Å². The van der Waals surface area contributed by atoms with Gasteiger partial charge in [0.2, 0.25) is 0 Å². The number of hydrogen-bond acceptors (Lipinski definition) is 3. The predicted molar refractivity (Wildman–Crippen MR) is 118 cm³/mol. The molecule has 2 amide bonds.